The predicted octanol–water partition coefficient (Wildman–Crippen LogP) is 5.13. The third kappa shape index (κ3) is 9.86. The van der Waals surface area contributed by atoms with E-state index in [9.17, 15) is 22.4 Å². The molecule has 304 valence electrons. The summed E-state index contributed by atoms with van der Waals surface area (Å²) in [5.41, 5.74) is -0.204. The SMILES string of the molecule is CC(C)N(C(=O)c1cc(F)ccc1Oc1cncnc1N1CC[C@@H](CN2CC3(CCC(NS(=O)(=O)N4CCN(C(=O)OC(C)(C)C)CC4)CC3)C2)C1)C(C)C. The lowest BCUT2D eigenvalue weighted by molar-refractivity contribution is -0.0387. The summed E-state index contributed by atoms with van der Waals surface area (Å²) >= 11 is 0. The van der Waals surface area contributed by atoms with Crippen LogP contribution in [0, 0.1) is 17.2 Å². The van der Waals surface area contributed by atoms with E-state index in [1.165, 1.54) is 28.8 Å². The molecule has 2 amide bonds. The number of nitrogens with one attached hydrogen (secondary N) is 1. The van der Waals surface area contributed by atoms with Crippen LogP contribution in [0.4, 0.5) is 15.0 Å². The third-order valence-electron chi connectivity index (χ3n) is 11.2. The van der Waals surface area contributed by atoms with Crippen LogP contribution in [0.15, 0.2) is 30.7 Å². The summed E-state index contributed by atoms with van der Waals surface area (Å²) in [4.78, 5) is 42.8. The molecule has 1 saturated carbocycles. The largest absolute Gasteiger partial charge is 0.451 e. The lowest BCUT2D eigenvalue weighted by atomic mass is 9.67. The zero-order valence-corrected chi connectivity index (χ0v) is 34.3. The van der Waals surface area contributed by atoms with Crippen LogP contribution in [0.2, 0.25) is 0 Å². The van der Waals surface area contributed by atoms with E-state index in [1.807, 2.05) is 48.5 Å². The molecule has 55 heavy (non-hydrogen) atoms. The number of carbonyl (C=O) groups excluding carboxylic acids is 2. The van der Waals surface area contributed by atoms with E-state index in [2.05, 4.69) is 24.5 Å². The molecule has 1 aliphatic carbocycles. The average Bonchev–Trinajstić information content (AvgIpc) is 3.56. The topological polar surface area (TPSA) is 141 Å². The Morgan fingerprint density at radius 3 is 2.31 bits per heavy atom. The van der Waals surface area contributed by atoms with E-state index in [-0.39, 0.29) is 53.9 Å². The zero-order valence-electron chi connectivity index (χ0n) is 33.5. The number of hydrogen-bond donors (Lipinski definition) is 1. The van der Waals surface area contributed by atoms with Crippen LogP contribution < -0.4 is 14.4 Å². The van der Waals surface area contributed by atoms with Crippen molar-refractivity contribution in [3.05, 3.63) is 42.1 Å². The fourth-order valence-corrected chi connectivity index (χ4v) is 10.1. The van der Waals surface area contributed by atoms with Gasteiger partial charge in [0, 0.05) is 77.0 Å². The molecule has 3 saturated heterocycles. The van der Waals surface area contributed by atoms with E-state index in [0.29, 0.717) is 30.6 Å². The van der Waals surface area contributed by atoms with Crippen molar-refractivity contribution in [3.8, 4) is 11.5 Å². The first-order valence-electron chi connectivity index (χ1n) is 19.7. The molecular formula is C39H59FN8O6S. The summed E-state index contributed by atoms with van der Waals surface area (Å²) < 4.78 is 57.1. The molecule has 4 heterocycles. The lowest BCUT2D eigenvalue weighted by Gasteiger charge is -2.54. The van der Waals surface area contributed by atoms with Gasteiger partial charge in [-0.15, -0.1) is 0 Å². The number of halogens is 1. The van der Waals surface area contributed by atoms with Crippen LogP contribution in [0.5, 0.6) is 11.5 Å². The molecule has 0 bridgehead atoms. The van der Waals surface area contributed by atoms with Gasteiger partial charge in [-0.1, -0.05) is 0 Å². The van der Waals surface area contributed by atoms with E-state index in [4.69, 9.17) is 9.47 Å². The summed E-state index contributed by atoms with van der Waals surface area (Å²) in [7, 11) is -3.65. The van der Waals surface area contributed by atoms with Gasteiger partial charge in [-0.05, 0) is 110 Å². The number of benzene rings is 1. The Balaban J connectivity index is 0.970. The normalized spacial score (nSPS) is 21.3. The molecule has 3 aliphatic heterocycles. The molecule has 1 aromatic heterocycles. The Morgan fingerprint density at radius 2 is 1.67 bits per heavy atom. The molecule has 14 nitrogen and oxygen atoms in total. The Morgan fingerprint density at radius 1 is 1.00 bits per heavy atom. The van der Waals surface area contributed by atoms with Crippen molar-refractivity contribution in [3.63, 3.8) is 0 Å². The second-order valence-corrected chi connectivity index (χ2v) is 19.1. The zero-order chi connectivity index (χ0) is 39.7. The Kier molecular flexibility index (Phi) is 12.3. The molecule has 6 rings (SSSR count). The average molecular weight is 787 g/mol. The highest BCUT2D eigenvalue weighted by Crippen LogP contribution is 2.45. The maximum Gasteiger partial charge on any atom is 0.410 e. The van der Waals surface area contributed by atoms with Gasteiger partial charge in [0.05, 0.1) is 11.8 Å². The van der Waals surface area contributed by atoms with Crippen LogP contribution in [-0.4, -0.2) is 132 Å². The monoisotopic (exact) mass is 786 g/mol. The molecule has 1 aromatic carbocycles. The second kappa shape index (κ2) is 16.5. The third-order valence-corrected chi connectivity index (χ3v) is 12.9. The van der Waals surface area contributed by atoms with Crippen LogP contribution in [-0.2, 0) is 14.9 Å². The first-order valence-corrected chi connectivity index (χ1v) is 21.2. The first-order chi connectivity index (χ1) is 25.9. The predicted molar refractivity (Wildman–Crippen MR) is 208 cm³/mol. The summed E-state index contributed by atoms with van der Waals surface area (Å²) in [6.45, 7) is 18.9. The van der Waals surface area contributed by atoms with Gasteiger partial charge in [-0.3, -0.25) is 4.79 Å². The van der Waals surface area contributed by atoms with Crippen molar-refractivity contribution in [1.29, 1.82) is 0 Å². The van der Waals surface area contributed by atoms with Gasteiger partial charge in [0.25, 0.3) is 16.1 Å². The highest BCUT2D eigenvalue weighted by atomic mass is 32.2. The summed E-state index contributed by atoms with van der Waals surface area (Å²) in [6.07, 6.45) is 7.28. The van der Waals surface area contributed by atoms with Gasteiger partial charge in [-0.2, -0.15) is 17.4 Å². The number of aromatic nitrogens is 2. The standard InChI is InChI=1S/C39H59FN8O6S/c1-27(2)48(28(3)4)36(49)32-20-30(40)8-9-33(32)53-34-21-41-26-42-35(34)46-15-12-29(23-46)22-44-24-39(25-44)13-10-31(11-14-39)43-55(51,52)47-18-16-45(17-19-47)37(50)54-38(5,6)7/h8-9,20-21,26-29,31,43H,10-19,22-25H2,1-7H3/t29-/m0/s1. The van der Waals surface area contributed by atoms with Crippen LogP contribution >= 0.6 is 0 Å². The van der Waals surface area contributed by atoms with Crippen LogP contribution in [0.3, 0.4) is 0 Å². The van der Waals surface area contributed by atoms with Crippen molar-refractivity contribution >= 4 is 28.0 Å². The Labute approximate surface area is 325 Å². The number of hydrogen-bond acceptors (Lipinski definition) is 10. The van der Waals surface area contributed by atoms with Gasteiger partial charge >= 0.3 is 6.09 Å². The first kappa shape index (κ1) is 41.0. The molecule has 0 unspecified atom stereocenters. The molecule has 1 N–H and O–H groups in total. The molecule has 4 fully saturated rings. The van der Waals surface area contributed by atoms with Gasteiger partial charge in [0.1, 0.15) is 23.5 Å². The molecule has 1 atom stereocenters. The molecule has 0 radical (unpaired) electrons. The van der Waals surface area contributed by atoms with E-state index >= 15 is 0 Å². The van der Waals surface area contributed by atoms with Crippen LogP contribution in [0.25, 0.3) is 0 Å². The molecule has 1 spiro atoms. The minimum atomic E-state index is -3.65. The molecule has 4 aliphatic rings. The number of piperazine rings is 1. The Hall–Kier alpha value is -3.60. The van der Waals surface area contributed by atoms with Crippen molar-refractivity contribution < 1.29 is 31.9 Å². The smallest absolute Gasteiger partial charge is 0.410 e. The van der Waals surface area contributed by atoms with Gasteiger partial charge in [-0.25, -0.2) is 19.2 Å². The molecular weight excluding hydrogens is 728 g/mol. The lowest BCUT2D eigenvalue weighted by Crippen LogP contribution is -2.60. The number of ether oxygens (including phenoxy) is 2. The summed E-state index contributed by atoms with van der Waals surface area (Å²) in [5, 5.41) is 0. The highest BCUT2D eigenvalue weighted by Gasteiger charge is 2.46. The highest BCUT2D eigenvalue weighted by molar-refractivity contribution is 7.87. The number of carbonyl (C=O) groups is 2. The minimum absolute atomic E-state index is 0.0782. The number of anilines is 1. The second-order valence-electron chi connectivity index (χ2n) is 17.4. The quantitative estimate of drug-likeness (QED) is 0.326. The van der Waals surface area contributed by atoms with Gasteiger partial charge < -0.3 is 29.1 Å². The number of amides is 2. The maximum absolute atomic E-state index is 14.4. The fraction of sp³-hybridized carbons (Fsp3) is 0.692. The summed E-state index contributed by atoms with van der Waals surface area (Å²) in [5.74, 6) is 0.958. The van der Waals surface area contributed by atoms with Gasteiger partial charge in [0.15, 0.2) is 11.6 Å². The van der Waals surface area contributed by atoms with Crippen molar-refractivity contribution in [2.45, 2.75) is 104 Å². The fourth-order valence-electron chi connectivity index (χ4n) is 8.66. The molecule has 2 aromatic rings. The number of rotatable bonds is 11. The van der Waals surface area contributed by atoms with Crippen molar-refractivity contribution in [1.82, 2.24) is 33.7 Å². The maximum atomic E-state index is 14.4. The van der Waals surface area contributed by atoms with E-state index in [1.54, 1.807) is 16.0 Å². The number of nitrogens with zero attached hydrogens (tertiary/aromatic N) is 7. The van der Waals surface area contributed by atoms with Gasteiger partial charge in [0.2, 0.25) is 0 Å². The van der Waals surface area contributed by atoms with E-state index < -0.39 is 27.7 Å². The van der Waals surface area contributed by atoms with Crippen LogP contribution in [0.1, 0.15) is 90.9 Å². The van der Waals surface area contributed by atoms with E-state index in [0.717, 1.165) is 64.8 Å². The minimum Gasteiger partial charge on any atom is -0.451 e. The molecule has 16 heteroatoms. The Bertz CT molecular complexity index is 1770. The van der Waals surface area contributed by atoms with Crippen molar-refractivity contribution in [2.24, 2.45) is 11.3 Å². The number of likely N-dealkylation sites (tertiary alicyclic amines) is 1. The van der Waals surface area contributed by atoms with Crippen molar-refractivity contribution in [2.75, 3.05) is 63.8 Å². The summed E-state index contributed by atoms with van der Waals surface area (Å²) in [6, 6.07) is 3.77.